The van der Waals surface area contributed by atoms with E-state index in [2.05, 4.69) is 0 Å². The van der Waals surface area contributed by atoms with Crippen molar-refractivity contribution in [1.82, 2.24) is 0 Å². The summed E-state index contributed by atoms with van der Waals surface area (Å²) in [5.41, 5.74) is 1.77. The fraction of sp³-hybridized carbons (Fsp3) is 0.500. The average molecular weight is 253 g/mol. The number of aryl methyl sites for hydroxylation is 1. The molecule has 2 rings (SSSR count). The van der Waals surface area contributed by atoms with Gasteiger partial charge in [0.25, 0.3) is 0 Å². The molecule has 1 aromatic carbocycles. The van der Waals surface area contributed by atoms with Crippen LogP contribution in [0.2, 0.25) is 5.02 Å². The molecule has 0 radical (unpaired) electrons. The lowest BCUT2D eigenvalue weighted by Crippen LogP contribution is -2.19. The van der Waals surface area contributed by atoms with Crippen LogP contribution in [0, 0.1) is 12.8 Å². The molecule has 0 aliphatic carbocycles. The lowest BCUT2D eigenvalue weighted by Gasteiger charge is -2.21. The lowest BCUT2D eigenvalue weighted by atomic mass is 9.91. The number of carbonyl (C=O) groups excluding carboxylic acids is 1. The minimum absolute atomic E-state index is 0.205. The molecule has 1 saturated heterocycles. The normalized spacial score (nSPS) is 17.1. The molecule has 3 heteroatoms. The van der Waals surface area contributed by atoms with E-state index in [4.69, 9.17) is 16.3 Å². The SMILES string of the molecule is Cc1ccc(Cl)cc1C(=O)CC1CCOCC1. The first-order valence-corrected chi connectivity index (χ1v) is 6.41. The van der Waals surface area contributed by atoms with Gasteiger partial charge in [-0.2, -0.15) is 0 Å². The molecule has 0 aromatic heterocycles. The van der Waals surface area contributed by atoms with Gasteiger partial charge >= 0.3 is 0 Å². The maximum absolute atomic E-state index is 12.2. The number of ether oxygens (including phenoxy) is 1. The van der Waals surface area contributed by atoms with E-state index >= 15 is 0 Å². The van der Waals surface area contributed by atoms with E-state index in [0.717, 1.165) is 37.2 Å². The Hall–Kier alpha value is -0.860. The summed E-state index contributed by atoms with van der Waals surface area (Å²) in [6.07, 6.45) is 2.60. The van der Waals surface area contributed by atoms with Crippen molar-refractivity contribution in [3.8, 4) is 0 Å². The van der Waals surface area contributed by atoms with Gasteiger partial charge in [-0.3, -0.25) is 4.79 Å². The summed E-state index contributed by atoms with van der Waals surface area (Å²) in [5, 5.41) is 0.630. The number of ketones is 1. The Bertz CT molecular complexity index is 409. The molecule has 0 N–H and O–H groups in total. The van der Waals surface area contributed by atoms with Crippen molar-refractivity contribution in [2.75, 3.05) is 13.2 Å². The van der Waals surface area contributed by atoms with Crippen LogP contribution in [-0.2, 0) is 4.74 Å². The van der Waals surface area contributed by atoms with Crippen molar-refractivity contribution in [2.24, 2.45) is 5.92 Å². The second-order valence-corrected chi connectivity index (χ2v) is 5.08. The number of hydrogen-bond donors (Lipinski definition) is 0. The second-order valence-electron chi connectivity index (χ2n) is 4.64. The molecule has 1 aliphatic heterocycles. The third-order valence-electron chi connectivity index (χ3n) is 3.31. The molecule has 2 nitrogen and oxygen atoms in total. The summed E-state index contributed by atoms with van der Waals surface area (Å²) in [7, 11) is 0. The van der Waals surface area contributed by atoms with Crippen LogP contribution in [-0.4, -0.2) is 19.0 Å². The largest absolute Gasteiger partial charge is 0.381 e. The third kappa shape index (κ3) is 3.30. The zero-order valence-electron chi connectivity index (χ0n) is 10.0. The summed E-state index contributed by atoms with van der Waals surface area (Å²) < 4.78 is 5.30. The Morgan fingerprint density at radius 2 is 2.12 bits per heavy atom. The summed E-state index contributed by atoms with van der Waals surface area (Å²) in [4.78, 5) is 12.2. The minimum Gasteiger partial charge on any atom is -0.381 e. The molecular formula is C14H17ClO2. The first-order valence-electron chi connectivity index (χ1n) is 6.04. The van der Waals surface area contributed by atoms with Gasteiger partial charge in [0.05, 0.1) is 0 Å². The first-order chi connectivity index (χ1) is 8.16. The minimum atomic E-state index is 0.205. The van der Waals surface area contributed by atoms with Gasteiger partial charge in [0.15, 0.2) is 5.78 Å². The standard InChI is InChI=1S/C14H17ClO2/c1-10-2-3-12(15)9-13(10)14(16)8-11-4-6-17-7-5-11/h2-3,9,11H,4-8H2,1H3. The number of halogens is 1. The summed E-state index contributed by atoms with van der Waals surface area (Å²) in [6.45, 7) is 3.52. The molecule has 0 spiro atoms. The van der Waals surface area contributed by atoms with Crippen LogP contribution in [0.25, 0.3) is 0 Å². The van der Waals surface area contributed by atoms with Crippen molar-refractivity contribution in [1.29, 1.82) is 0 Å². The quantitative estimate of drug-likeness (QED) is 0.768. The second kappa shape index (κ2) is 5.65. The zero-order valence-corrected chi connectivity index (χ0v) is 10.8. The van der Waals surface area contributed by atoms with Gasteiger partial charge in [-0.1, -0.05) is 17.7 Å². The molecule has 0 amide bonds. The van der Waals surface area contributed by atoms with Gasteiger partial charge in [0.1, 0.15) is 0 Å². The van der Waals surface area contributed by atoms with E-state index in [1.54, 1.807) is 6.07 Å². The van der Waals surface area contributed by atoms with Crippen LogP contribution in [0.5, 0.6) is 0 Å². The predicted molar refractivity (Wildman–Crippen MR) is 68.7 cm³/mol. The van der Waals surface area contributed by atoms with E-state index in [9.17, 15) is 4.79 Å². The number of carbonyl (C=O) groups is 1. The highest BCUT2D eigenvalue weighted by atomic mass is 35.5. The van der Waals surface area contributed by atoms with E-state index in [1.807, 2.05) is 19.1 Å². The highest BCUT2D eigenvalue weighted by Gasteiger charge is 2.19. The topological polar surface area (TPSA) is 26.3 Å². The van der Waals surface area contributed by atoms with Crippen LogP contribution in [0.3, 0.4) is 0 Å². The molecule has 0 unspecified atom stereocenters. The molecule has 0 saturated carbocycles. The van der Waals surface area contributed by atoms with E-state index < -0.39 is 0 Å². The number of rotatable bonds is 3. The number of Topliss-reactive ketones (excluding diaryl/α,β-unsaturated/α-hetero) is 1. The summed E-state index contributed by atoms with van der Waals surface area (Å²) in [5.74, 6) is 0.673. The van der Waals surface area contributed by atoms with Crippen LogP contribution in [0.15, 0.2) is 18.2 Å². The highest BCUT2D eigenvalue weighted by molar-refractivity contribution is 6.31. The van der Waals surface area contributed by atoms with E-state index in [1.165, 1.54) is 0 Å². The fourth-order valence-electron chi connectivity index (χ4n) is 2.22. The van der Waals surface area contributed by atoms with Gasteiger partial charge < -0.3 is 4.74 Å². The Labute approximate surface area is 107 Å². The van der Waals surface area contributed by atoms with Crippen molar-refractivity contribution in [3.63, 3.8) is 0 Å². The van der Waals surface area contributed by atoms with Gasteiger partial charge in [0, 0.05) is 30.2 Å². The first kappa shape index (κ1) is 12.6. The molecule has 17 heavy (non-hydrogen) atoms. The summed E-state index contributed by atoms with van der Waals surface area (Å²) in [6, 6.07) is 5.50. The molecule has 1 heterocycles. The Morgan fingerprint density at radius 1 is 1.41 bits per heavy atom. The van der Waals surface area contributed by atoms with Crippen LogP contribution >= 0.6 is 11.6 Å². The Morgan fingerprint density at radius 3 is 2.82 bits per heavy atom. The average Bonchev–Trinajstić information content (AvgIpc) is 2.33. The van der Waals surface area contributed by atoms with Crippen LogP contribution < -0.4 is 0 Å². The van der Waals surface area contributed by atoms with Gasteiger partial charge in [-0.25, -0.2) is 0 Å². The van der Waals surface area contributed by atoms with Crippen molar-refractivity contribution in [3.05, 3.63) is 34.3 Å². The van der Waals surface area contributed by atoms with Gasteiger partial charge in [0.2, 0.25) is 0 Å². The molecule has 1 fully saturated rings. The molecule has 0 atom stereocenters. The highest BCUT2D eigenvalue weighted by Crippen LogP contribution is 2.23. The van der Waals surface area contributed by atoms with Crippen LogP contribution in [0.4, 0.5) is 0 Å². The van der Waals surface area contributed by atoms with E-state index in [0.29, 0.717) is 17.4 Å². The third-order valence-corrected chi connectivity index (χ3v) is 3.55. The van der Waals surface area contributed by atoms with Crippen molar-refractivity contribution < 1.29 is 9.53 Å². The predicted octanol–water partition coefficient (Wildman–Crippen LogP) is 3.65. The maximum Gasteiger partial charge on any atom is 0.163 e. The number of hydrogen-bond acceptors (Lipinski definition) is 2. The molecule has 1 aromatic rings. The monoisotopic (exact) mass is 252 g/mol. The number of benzene rings is 1. The van der Waals surface area contributed by atoms with Gasteiger partial charge in [-0.05, 0) is 43.4 Å². The summed E-state index contributed by atoms with van der Waals surface area (Å²) >= 11 is 5.93. The van der Waals surface area contributed by atoms with Crippen molar-refractivity contribution in [2.45, 2.75) is 26.2 Å². The van der Waals surface area contributed by atoms with Gasteiger partial charge in [-0.15, -0.1) is 0 Å². The Balaban J connectivity index is 2.05. The Kier molecular flexibility index (Phi) is 4.19. The smallest absolute Gasteiger partial charge is 0.163 e. The zero-order chi connectivity index (χ0) is 12.3. The van der Waals surface area contributed by atoms with E-state index in [-0.39, 0.29) is 5.78 Å². The van der Waals surface area contributed by atoms with Crippen LogP contribution in [0.1, 0.15) is 35.2 Å². The molecule has 1 aliphatic rings. The molecule has 92 valence electrons. The fourth-order valence-corrected chi connectivity index (χ4v) is 2.39. The molecular weight excluding hydrogens is 236 g/mol. The molecule has 0 bridgehead atoms. The van der Waals surface area contributed by atoms with Crippen molar-refractivity contribution >= 4 is 17.4 Å². The maximum atomic E-state index is 12.2. The lowest BCUT2D eigenvalue weighted by molar-refractivity contribution is 0.0601.